The molecule has 0 spiro atoms. The van der Waals surface area contributed by atoms with Crippen LogP contribution in [0.4, 0.5) is 0 Å². The van der Waals surface area contributed by atoms with Crippen LogP contribution in [-0.2, 0) is 0 Å². The molecule has 19 heavy (non-hydrogen) atoms. The molecule has 0 bridgehead atoms. The van der Waals surface area contributed by atoms with Crippen LogP contribution in [0.5, 0.6) is 0 Å². The fourth-order valence-corrected chi connectivity index (χ4v) is 2.30. The fraction of sp³-hybridized carbons (Fsp3) is 0.333. The van der Waals surface area contributed by atoms with Crippen molar-refractivity contribution < 1.29 is 0 Å². The molecule has 1 N–H and O–H groups in total. The van der Waals surface area contributed by atoms with Crippen molar-refractivity contribution >= 4 is 11.6 Å². The standard InChI is InChI=1S/C15H18ClN3/c1-3-6-18-11(2)13-5-4-12(9-14(13)16)15-10-17-7-8-19-15/h4-5,7-11,18H,3,6H2,1-2H3. The smallest absolute Gasteiger partial charge is 0.0885 e. The normalized spacial score (nSPS) is 12.4. The highest BCUT2D eigenvalue weighted by Crippen LogP contribution is 2.27. The van der Waals surface area contributed by atoms with Crippen LogP contribution in [0.2, 0.25) is 5.02 Å². The molecule has 2 aromatic rings. The number of rotatable bonds is 5. The van der Waals surface area contributed by atoms with Gasteiger partial charge >= 0.3 is 0 Å². The minimum absolute atomic E-state index is 0.253. The summed E-state index contributed by atoms with van der Waals surface area (Å²) in [6.07, 6.45) is 6.20. The summed E-state index contributed by atoms with van der Waals surface area (Å²) in [6.45, 7) is 5.26. The number of halogens is 1. The Bertz CT molecular complexity index is 528. The molecule has 1 heterocycles. The SMILES string of the molecule is CCCNC(C)c1ccc(-c2cnccn2)cc1Cl. The molecule has 3 nitrogen and oxygen atoms in total. The Morgan fingerprint density at radius 2 is 2.16 bits per heavy atom. The zero-order chi connectivity index (χ0) is 13.7. The van der Waals surface area contributed by atoms with Crippen molar-refractivity contribution in [3.05, 3.63) is 47.4 Å². The van der Waals surface area contributed by atoms with E-state index in [1.807, 2.05) is 12.1 Å². The van der Waals surface area contributed by atoms with Crippen molar-refractivity contribution in [1.82, 2.24) is 15.3 Å². The van der Waals surface area contributed by atoms with Gasteiger partial charge < -0.3 is 5.32 Å². The second-order valence-electron chi connectivity index (χ2n) is 4.50. The molecular weight excluding hydrogens is 258 g/mol. The maximum Gasteiger partial charge on any atom is 0.0885 e. The molecule has 0 aliphatic carbocycles. The van der Waals surface area contributed by atoms with Crippen molar-refractivity contribution in [2.45, 2.75) is 26.3 Å². The lowest BCUT2D eigenvalue weighted by Crippen LogP contribution is -2.19. The van der Waals surface area contributed by atoms with Gasteiger partial charge in [0.1, 0.15) is 0 Å². The molecule has 0 saturated carbocycles. The largest absolute Gasteiger partial charge is 0.310 e. The lowest BCUT2D eigenvalue weighted by molar-refractivity contribution is 0.571. The molecule has 1 aromatic carbocycles. The molecule has 1 unspecified atom stereocenters. The van der Waals surface area contributed by atoms with E-state index in [1.165, 1.54) is 0 Å². The Hall–Kier alpha value is -1.45. The molecule has 0 radical (unpaired) electrons. The Kier molecular flexibility index (Phi) is 4.88. The third-order valence-electron chi connectivity index (χ3n) is 3.03. The van der Waals surface area contributed by atoms with E-state index in [-0.39, 0.29) is 6.04 Å². The van der Waals surface area contributed by atoms with Crippen molar-refractivity contribution in [2.24, 2.45) is 0 Å². The maximum absolute atomic E-state index is 6.36. The van der Waals surface area contributed by atoms with E-state index in [1.54, 1.807) is 18.6 Å². The van der Waals surface area contributed by atoms with Gasteiger partial charge in [-0.05, 0) is 31.5 Å². The summed E-state index contributed by atoms with van der Waals surface area (Å²) in [5.74, 6) is 0. The second-order valence-corrected chi connectivity index (χ2v) is 4.91. The summed E-state index contributed by atoms with van der Waals surface area (Å²) in [5, 5.41) is 4.20. The van der Waals surface area contributed by atoms with Crippen LogP contribution < -0.4 is 5.32 Å². The third kappa shape index (κ3) is 3.52. The summed E-state index contributed by atoms with van der Waals surface area (Å²) >= 11 is 6.36. The van der Waals surface area contributed by atoms with Crippen molar-refractivity contribution in [3.63, 3.8) is 0 Å². The van der Waals surface area contributed by atoms with E-state index in [0.717, 1.165) is 34.8 Å². The quantitative estimate of drug-likeness (QED) is 0.900. The van der Waals surface area contributed by atoms with Crippen LogP contribution in [0.3, 0.4) is 0 Å². The van der Waals surface area contributed by atoms with Gasteiger partial charge in [0.15, 0.2) is 0 Å². The van der Waals surface area contributed by atoms with Gasteiger partial charge in [-0.15, -0.1) is 0 Å². The molecule has 0 fully saturated rings. The van der Waals surface area contributed by atoms with Crippen molar-refractivity contribution in [1.29, 1.82) is 0 Å². The Morgan fingerprint density at radius 1 is 1.32 bits per heavy atom. The topological polar surface area (TPSA) is 37.8 Å². The molecule has 1 aromatic heterocycles. The van der Waals surface area contributed by atoms with E-state index in [0.29, 0.717) is 0 Å². The van der Waals surface area contributed by atoms with E-state index < -0.39 is 0 Å². The number of hydrogen-bond acceptors (Lipinski definition) is 3. The average molecular weight is 276 g/mol. The van der Waals surface area contributed by atoms with Crippen LogP contribution in [0, 0.1) is 0 Å². The van der Waals surface area contributed by atoms with Crippen LogP contribution in [0.15, 0.2) is 36.8 Å². The highest BCUT2D eigenvalue weighted by atomic mass is 35.5. The van der Waals surface area contributed by atoms with Gasteiger partial charge in [0, 0.05) is 29.0 Å². The predicted molar refractivity (Wildman–Crippen MR) is 79.2 cm³/mol. The van der Waals surface area contributed by atoms with Crippen molar-refractivity contribution in [3.8, 4) is 11.3 Å². The monoisotopic (exact) mass is 275 g/mol. The van der Waals surface area contributed by atoms with Gasteiger partial charge in [-0.1, -0.05) is 30.7 Å². The van der Waals surface area contributed by atoms with Gasteiger partial charge in [0.05, 0.1) is 11.9 Å². The first kappa shape index (κ1) is 14.0. The minimum atomic E-state index is 0.253. The molecule has 0 saturated heterocycles. The van der Waals surface area contributed by atoms with Gasteiger partial charge in [-0.2, -0.15) is 0 Å². The number of hydrogen-bond donors (Lipinski definition) is 1. The Morgan fingerprint density at radius 3 is 2.79 bits per heavy atom. The third-order valence-corrected chi connectivity index (χ3v) is 3.35. The summed E-state index contributed by atoms with van der Waals surface area (Å²) in [5.41, 5.74) is 2.94. The van der Waals surface area contributed by atoms with Gasteiger partial charge in [-0.25, -0.2) is 0 Å². The molecule has 0 aliphatic heterocycles. The Balaban J connectivity index is 2.22. The fourth-order valence-electron chi connectivity index (χ4n) is 1.96. The van der Waals surface area contributed by atoms with Crippen LogP contribution in [0.25, 0.3) is 11.3 Å². The lowest BCUT2D eigenvalue weighted by Gasteiger charge is -2.15. The average Bonchev–Trinajstić information content (AvgIpc) is 2.45. The lowest BCUT2D eigenvalue weighted by atomic mass is 10.0. The van der Waals surface area contributed by atoms with E-state index in [2.05, 4.69) is 35.2 Å². The number of nitrogens with one attached hydrogen (secondary N) is 1. The molecule has 4 heteroatoms. The summed E-state index contributed by atoms with van der Waals surface area (Å²) in [7, 11) is 0. The van der Waals surface area contributed by atoms with Crippen molar-refractivity contribution in [2.75, 3.05) is 6.54 Å². The highest BCUT2D eigenvalue weighted by molar-refractivity contribution is 6.31. The van der Waals surface area contributed by atoms with E-state index in [4.69, 9.17) is 11.6 Å². The van der Waals surface area contributed by atoms with E-state index >= 15 is 0 Å². The molecule has 0 amide bonds. The van der Waals surface area contributed by atoms with Gasteiger partial charge in [0.25, 0.3) is 0 Å². The van der Waals surface area contributed by atoms with Gasteiger partial charge in [0.2, 0.25) is 0 Å². The number of benzene rings is 1. The molecule has 1 atom stereocenters. The molecule has 2 rings (SSSR count). The molecular formula is C15H18ClN3. The van der Waals surface area contributed by atoms with Crippen LogP contribution in [0.1, 0.15) is 31.9 Å². The summed E-state index contributed by atoms with van der Waals surface area (Å²) in [6, 6.07) is 6.29. The van der Waals surface area contributed by atoms with E-state index in [9.17, 15) is 0 Å². The Labute approximate surface area is 119 Å². The highest BCUT2D eigenvalue weighted by Gasteiger charge is 2.10. The predicted octanol–water partition coefficient (Wildman–Crippen LogP) is 3.86. The zero-order valence-corrected chi connectivity index (χ0v) is 12.0. The zero-order valence-electron chi connectivity index (χ0n) is 11.2. The van der Waals surface area contributed by atoms with Crippen LogP contribution >= 0.6 is 11.6 Å². The first-order valence-electron chi connectivity index (χ1n) is 6.51. The maximum atomic E-state index is 6.36. The second kappa shape index (κ2) is 6.64. The molecule has 0 aliphatic rings. The first-order valence-corrected chi connectivity index (χ1v) is 6.89. The summed E-state index contributed by atoms with van der Waals surface area (Å²) in [4.78, 5) is 8.35. The molecule has 100 valence electrons. The number of aromatic nitrogens is 2. The number of nitrogens with zero attached hydrogens (tertiary/aromatic N) is 2. The first-order chi connectivity index (χ1) is 9.22. The minimum Gasteiger partial charge on any atom is -0.310 e. The summed E-state index contributed by atoms with van der Waals surface area (Å²) < 4.78 is 0. The van der Waals surface area contributed by atoms with Crippen LogP contribution in [-0.4, -0.2) is 16.5 Å². The van der Waals surface area contributed by atoms with Gasteiger partial charge in [-0.3, -0.25) is 9.97 Å².